The molecule has 0 bridgehead atoms. The summed E-state index contributed by atoms with van der Waals surface area (Å²) in [6.45, 7) is 0. The van der Waals surface area contributed by atoms with Crippen LogP contribution in [0.4, 0.5) is 0 Å². The van der Waals surface area contributed by atoms with Crippen molar-refractivity contribution >= 4 is 33.3 Å². The number of rotatable bonds is 1. The van der Waals surface area contributed by atoms with E-state index in [4.69, 9.17) is 23.2 Å². The summed E-state index contributed by atoms with van der Waals surface area (Å²) < 4.78 is 31.3. The van der Waals surface area contributed by atoms with Gasteiger partial charge in [0.05, 0.1) is 14.9 Å². The molecule has 3 nitrogen and oxygen atoms in total. The normalized spacial score (nSPS) is 10.7. The summed E-state index contributed by atoms with van der Waals surface area (Å²) in [5, 5.41) is 0.262. The average Bonchev–Trinajstić information content (AvgIpc) is 1.92. The number of hydrogen-bond donors (Lipinski definition) is 0. The van der Waals surface area contributed by atoms with Gasteiger partial charge in [-0.1, -0.05) is 23.2 Å². The molecule has 0 atom stereocenters. The molecule has 13 heavy (non-hydrogen) atoms. The first kappa shape index (κ1) is 13.7. The maximum absolute atomic E-state index is 10.4. The van der Waals surface area contributed by atoms with Gasteiger partial charge in [0, 0.05) is 1.43 Å². The summed E-state index contributed by atoms with van der Waals surface area (Å²) in [5.41, 5.74) is 0. The molecule has 1 rings (SSSR count). The van der Waals surface area contributed by atoms with E-state index in [1.54, 1.807) is 0 Å². The van der Waals surface area contributed by atoms with Crippen LogP contribution in [0.2, 0.25) is 10.0 Å². The van der Waals surface area contributed by atoms with E-state index in [2.05, 4.69) is 0 Å². The van der Waals surface area contributed by atoms with E-state index in [0.29, 0.717) is 0 Å². The number of halogens is 2. The molecule has 0 aliphatic carbocycles. The van der Waals surface area contributed by atoms with Crippen molar-refractivity contribution in [2.24, 2.45) is 0 Å². The quantitative estimate of drug-likeness (QED) is 0.482. The molecule has 0 unspecified atom stereocenters. The van der Waals surface area contributed by atoms with Crippen LogP contribution in [-0.4, -0.2) is 13.0 Å². The molecule has 0 aromatic heterocycles. The van der Waals surface area contributed by atoms with Crippen LogP contribution < -0.4 is 29.6 Å². The van der Waals surface area contributed by atoms with Crippen LogP contribution in [0.25, 0.3) is 0 Å². The van der Waals surface area contributed by atoms with Gasteiger partial charge in [-0.05, 0) is 18.2 Å². The maximum Gasteiger partial charge on any atom is 1.00 e. The largest absolute Gasteiger partial charge is 1.00 e. The number of hydrogen-bond acceptors (Lipinski definition) is 3. The standard InChI is InChI=1S/C6H4Cl2O3S.Na.H2/c7-5-2-1-4(3-6(5)8)12(9,10)11;;/h1-3H,(H,9,10,11);;1H/q;+1;/p-1. The second-order valence-electron chi connectivity index (χ2n) is 2.03. The minimum atomic E-state index is -4.44. The summed E-state index contributed by atoms with van der Waals surface area (Å²) in [7, 11) is -4.44. The van der Waals surface area contributed by atoms with Crippen molar-refractivity contribution in [2.75, 3.05) is 0 Å². The summed E-state index contributed by atoms with van der Waals surface area (Å²) in [6, 6.07) is 3.39. The van der Waals surface area contributed by atoms with E-state index >= 15 is 0 Å². The Bertz CT molecular complexity index is 410. The molecule has 0 aliphatic heterocycles. The molecule has 0 saturated heterocycles. The molecule has 1 aromatic carbocycles. The molecule has 0 saturated carbocycles. The van der Waals surface area contributed by atoms with E-state index in [1.165, 1.54) is 6.07 Å². The van der Waals surface area contributed by atoms with Gasteiger partial charge < -0.3 is 4.55 Å². The second-order valence-corrected chi connectivity index (χ2v) is 4.22. The summed E-state index contributed by atoms with van der Waals surface area (Å²) >= 11 is 11.0. The Balaban J connectivity index is 0. The van der Waals surface area contributed by atoms with Crippen LogP contribution in [0, 0.1) is 0 Å². The molecule has 7 heteroatoms. The van der Waals surface area contributed by atoms with Crippen LogP contribution in [0.1, 0.15) is 1.43 Å². The van der Waals surface area contributed by atoms with Gasteiger partial charge >= 0.3 is 29.6 Å². The van der Waals surface area contributed by atoms with Crippen LogP contribution in [-0.2, 0) is 10.1 Å². The Morgan fingerprint density at radius 2 is 1.77 bits per heavy atom. The molecule has 0 amide bonds. The van der Waals surface area contributed by atoms with Gasteiger partial charge in [-0.2, -0.15) is 0 Å². The van der Waals surface area contributed by atoms with Crippen LogP contribution in [0.5, 0.6) is 0 Å². The monoisotopic (exact) mass is 250 g/mol. The first-order valence-electron chi connectivity index (χ1n) is 2.82. The van der Waals surface area contributed by atoms with Crippen molar-refractivity contribution in [3.05, 3.63) is 28.2 Å². The topological polar surface area (TPSA) is 57.2 Å². The molecule has 0 spiro atoms. The predicted molar refractivity (Wildman–Crippen MR) is 46.5 cm³/mol. The van der Waals surface area contributed by atoms with Crippen molar-refractivity contribution in [1.29, 1.82) is 0 Å². The number of benzene rings is 1. The fourth-order valence-electron chi connectivity index (χ4n) is 0.632. The molecule has 0 heterocycles. The molecular weight excluding hydrogens is 246 g/mol. The molecule has 0 N–H and O–H groups in total. The first-order valence-corrected chi connectivity index (χ1v) is 4.98. The zero-order chi connectivity index (χ0) is 9.35. The third-order valence-corrected chi connectivity index (χ3v) is 2.75. The summed E-state index contributed by atoms with van der Waals surface area (Å²) in [5.74, 6) is 0. The van der Waals surface area contributed by atoms with Crippen molar-refractivity contribution in [2.45, 2.75) is 4.90 Å². The Morgan fingerprint density at radius 1 is 1.23 bits per heavy atom. The fraction of sp³-hybridized carbons (Fsp3) is 0. The van der Waals surface area contributed by atoms with Gasteiger partial charge in [0.1, 0.15) is 10.1 Å². The van der Waals surface area contributed by atoms with Crippen molar-refractivity contribution in [3.63, 3.8) is 0 Å². The minimum absolute atomic E-state index is 0. The van der Waals surface area contributed by atoms with Crippen LogP contribution >= 0.6 is 23.2 Å². The fourth-order valence-corrected chi connectivity index (χ4v) is 1.49. The van der Waals surface area contributed by atoms with Gasteiger partial charge in [0.15, 0.2) is 0 Å². The third-order valence-electron chi connectivity index (χ3n) is 1.18. The smallest absolute Gasteiger partial charge is 0.744 e. The van der Waals surface area contributed by atoms with E-state index in [0.717, 1.165) is 12.1 Å². The Morgan fingerprint density at radius 3 is 2.15 bits per heavy atom. The predicted octanol–water partition coefficient (Wildman–Crippen LogP) is -0.852. The van der Waals surface area contributed by atoms with Gasteiger partial charge in [0.25, 0.3) is 0 Å². The molecular formula is C6H5Cl2NaO3S. The van der Waals surface area contributed by atoms with E-state index in [1.807, 2.05) is 0 Å². The molecule has 0 fully saturated rings. The van der Waals surface area contributed by atoms with E-state index in [-0.39, 0.29) is 45.9 Å². The summed E-state index contributed by atoms with van der Waals surface area (Å²) in [6.07, 6.45) is 0. The third kappa shape index (κ3) is 3.75. The Hall–Kier alpha value is 0.710. The van der Waals surface area contributed by atoms with Crippen LogP contribution in [0.3, 0.4) is 0 Å². The zero-order valence-corrected chi connectivity index (χ0v) is 10.9. The average molecular weight is 251 g/mol. The Kier molecular flexibility index (Phi) is 5.25. The van der Waals surface area contributed by atoms with Crippen molar-refractivity contribution in [3.8, 4) is 0 Å². The minimum Gasteiger partial charge on any atom is -0.744 e. The SMILES string of the molecule is O=S(=O)([O-])c1ccc(Cl)c(Cl)c1.[HH].[Na+]. The van der Waals surface area contributed by atoms with Gasteiger partial charge in [-0.25, -0.2) is 8.42 Å². The first-order chi connectivity index (χ1) is 5.41. The van der Waals surface area contributed by atoms with Crippen LogP contribution in [0.15, 0.2) is 23.1 Å². The maximum atomic E-state index is 10.4. The molecule has 68 valence electrons. The van der Waals surface area contributed by atoms with Gasteiger partial charge in [-0.3, -0.25) is 0 Å². The molecule has 1 aromatic rings. The van der Waals surface area contributed by atoms with Gasteiger partial charge in [0.2, 0.25) is 0 Å². The molecule has 0 radical (unpaired) electrons. The molecule has 0 aliphatic rings. The zero-order valence-electron chi connectivity index (χ0n) is 6.62. The van der Waals surface area contributed by atoms with E-state index < -0.39 is 10.1 Å². The van der Waals surface area contributed by atoms with E-state index in [9.17, 15) is 13.0 Å². The van der Waals surface area contributed by atoms with Crippen molar-refractivity contribution in [1.82, 2.24) is 0 Å². The Labute approximate surface area is 110 Å². The summed E-state index contributed by atoms with van der Waals surface area (Å²) in [4.78, 5) is -0.378. The second kappa shape index (κ2) is 4.98. The van der Waals surface area contributed by atoms with Gasteiger partial charge in [-0.15, -0.1) is 0 Å². The van der Waals surface area contributed by atoms with Crippen molar-refractivity contribution < 1.29 is 44.0 Å².